The van der Waals surface area contributed by atoms with Crippen LogP contribution in [0.15, 0.2) is 30.3 Å². The topological polar surface area (TPSA) is 194 Å². The molecule has 0 heterocycles. The Bertz CT molecular complexity index is 754. The third-order valence-electron chi connectivity index (χ3n) is 3.84. The summed E-state index contributed by atoms with van der Waals surface area (Å²) in [4.78, 5) is 58.2. The highest BCUT2D eigenvalue weighted by atomic mass is 16.4. The molecule has 0 fully saturated rings. The molecule has 3 atom stereocenters. The summed E-state index contributed by atoms with van der Waals surface area (Å²) in [6.45, 7) is 0.771. The summed E-state index contributed by atoms with van der Waals surface area (Å²) in [6, 6.07) is 5.46. The van der Waals surface area contributed by atoms with Gasteiger partial charge in [0.25, 0.3) is 0 Å². The number of primary amides is 1. The Labute approximate surface area is 167 Å². The van der Waals surface area contributed by atoms with Crippen LogP contribution in [0, 0.1) is 0 Å². The molecule has 11 heteroatoms. The smallest absolute Gasteiger partial charge is 0.322 e. The first-order valence-electron chi connectivity index (χ1n) is 8.78. The van der Waals surface area contributed by atoms with Gasteiger partial charge in [0.05, 0.1) is 12.5 Å². The van der Waals surface area contributed by atoms with E-state index in [1.165, 1.54) is 6.92 Å². The molecule has 0 saturated carbocycles. The quantitative estimate of drug-likeness (QED) is 0.236. The number of hydrogen-bond acceptors (Lipinski definition) is 6. The van der Waals surface area contributed by atoms with Gasteiger partial charge in [-0.05, 0) is 12.5 Å². The largest absolute Gasteiger partial charge is 0.480 e. The zero-order valence-corrected chi connectivity index (χ0v) is 15.9. The van der Waals surface area contributed by atoms with E-state index >= 15 is 0 Å². The molecule has 158 valence electrons. The number of aliphatic carboxylic acids is 1. The van der Waals surface area contributed by atoms with Gasteiger partial charge in [-0.25, -0.2) is 0 Å². The number of rotatable bonds is 11. The van der Waals surface area contributed by atoms with Crippen molar-refractivity contribution < 1.29 is 29.1 Å². The van der Waals surface area contributed by atoms with Crippen molar-refractivity contribution in [2.75, 3.05) is 6.54 Å². The molecule has 0 spiro atoms. The average molecular weight is 407 g/mol. The Morgan fingerprint density at radius 2 is 1.62 bits per heavy atom. The zero-order valence-electron chi connectivity index (χ0n) is 15.9. The highest BCUT2D eigenvalue weighted by molar-refractivity contribution is 5.94. The molecule has 0 saturated heterocycles. The van der Waals surface area contributed by atoms with Crippen molar-refractivity contribution in [3.05, 3.63) is 35.9 Å². The number of hydrogen-bond donors (Lipinski definition) is 6. The Morgan fingerprint density at radius 1 is 1.00 bits per heavy atom. The van der Waals surface area contributed by atoms with Gasteiger partial charge in [0.1, 0.15) is 18.6 Å². The Balaban J connectivity index is 2.78. The van der Waals surface area contributed by atoms with E-state index < -0.39 is 54.3 Å². The number of amides is 4. The van der Waals surface area contributed by atoms with Crippen molar-refractivity contribution in [1.82, 2.24) is 16.0 Å². The summed E-state index contributed by atoms with van der Waals surface area (Å²) in [6.07, 6.45) is -0.270. The average Bonchev–Trinajstić information content (AvgIpc) is 2.65. The molecule has 0 bridgehead atoms. The lowest BCUT2D eigenvalue weighted by molar-refractivity contribution is -0.138. The summed E-state index contributed by atoms with van der Waals surface area (Å²) >= 11 is 0. The van der Waals surface area contributed by atoms with Crippen molar-refractivity contribution in [2.24, 2.45) is 11.5 Å². The lowest BCUT2D eigenvalue weighted by Gasteiger charge is -2.22. The molecule has 1 aromatic rings. The maximum Gasteiger partial charge on any atom is 0.322 e. The van der Waals surface area contributed by atoms with Gasteiger partial charge in [0.15, 0.2) is 0 Å². The van der Waals surface area contributed by atoms with Crippen LogP contribution in [0.4, 0.5) is 0 Å². The van der Waals surface area contributed by atoms with E-state index in [-0.39, 0.29) is 12.8 Å². The zero-order chi connectivity index (χ0) is 22.0. The monoisotopic (exact) mass is 407 g/mol. The van der Waals surface area contributed by atoms with E-state index in [2.05, 4.69) is 16.0 Å². The minimum Gasteiger partial charge on any atom is -0.480 e. The Hall–Kier alpha value is -3.47. The van der Waals surface area contributed by atoms with E-state index in [0.717, 1.165) is 5.56 Å². The molecule has 0 radical (unpaired) electrons. The van der Waals surface area contributed by atoms with E-state index in [0.29, 0.717) is 0 Å². The molecule has 0 aliphatic heterocycles. The minimum atomic E-state index is -1.23. The molecule has 1 rings (SSSR count). The number of carbonyl (C=O) groups excluding carboxylic acids is 4. The first-order chi connectivity index (χ1) is 13.6. The van der Waals surface area contributed by atoms with Crippen molar-refractivity contribution in [1.29, 1.82) is 0 Å². The van der Waals surface area contributed by atoms with Gasteiger partial charge >= 0.3 is 5.97 Å². The van der Waals surface area contributed by atoms with Crippen molar-refractivity contribution in [2.45, 2.75) is 37.9 Å². The molecule has 0 aliphatic carbocycles. The summed E-state index contributed by atoms with van der Waals surface area (Å²) in [7, 11) is 0. The van der Waals surface area contributed by atoms with Gasteiger partial charge in [0.2, 0.25) is 23.6 Å². The number of benzene rings is 1. The van der Waals surface area contributed by atoms with Crippen LogP contribution in [-0.4, -0.2) is 59.4 Å². The van der Waals surface area contributed by atoms with Crippen LogP contribution in [0.5, 0.6) is 0 Å². The number of nitrogens with one attached hydrogen (secondary N) is 3. The van der Waals surface area contributed by atoms with Crippen LogP contribution in [0.25, 0.3) is 0 Å². The van der Waals surface area contributed by atoms with Crippen molar-refractivity contribution in [3.63, 3.8) is 0 Å². The van der Waals surface area contributed by atoms with Gasteiger partial charge in [-0.15, -0.1) is 0 Å². The van der Waals surface area contributed by atoms with Crippen LogP contribution in [0.2, 0.25) is 0 Å². The summed E-state index contributed by atoms with van der Waals surface area (Å²) in [5, 5.41) is 15.8. The van der Waals surface area contributed by atoms with Crippen molar-refractivity contribution in [3.8, 4) is 0 Å². The molecule has 1 aromatic carbocycles. The minimum absolute atomic E-state index is 0.111. The number of carbonyl (C=O) groups is 5. The molecular weight excluding hydrogens is 382 g/mol. The van der Waals surface area contributed by atoms with E-state index in [9.17, 15) is 24.0 Å². The fraction of sp³-hybridized carbons (Fsp3) is 0.389. The standard InChI is InChI=1S/C18H25N5O6/c1-10(22-17(28)12(19)8-14(20)24)16(27)23-13(18(29)21-9-15(25)26)7-11-5-3-2-4-6-11/h2-6,10,12-13H,7-9,19H2,1H3,(H2,20,24)(H,21,29)(H,22,28)(H,23,27)(H,25,26). The molecule has 8 N–H and O–H groups in total. The molecule has 4 amide bonds. The number of nitrogens with two attached hydrogens (primary N) is 2. The molecule has 11 nitrogen and oxygen atoms in total. The van der Waals surface area contributed by atoms with Crippen LogP contribution in [0.1, 0.15) is 18.9 Å². The highest BCUT2D eigenvalue weighted by Crippen LogP contribution is 2.04. The number of carboxylic acids is 1. The van der Waals surface area contributed by atoms with Gasteiger partial charge in [-0.3, -0.25) is 24.0 Å². The predicted octanol–water partition coefficient (Wildman–Crippen LogP) is -2.38. The van der Waals surface area contributed by atoms with Crippen LogP contribution < -0.4 is 27.4 Å². The maximum absolute atomic E-state index is 12.4. The van der Waals surface area contributed by atoms with Gasteiger partial charge in [-0.1, -0.05) is 30.3 Å². The Morgan fingerprint density at radius 3 is 2.17 bits per heavy atom. The van der Waals surface area contributed by atoms with E-state index in [4.69, 9.17) is 16.6 Å². The summed E-state index contributed by atoms with van der Waals surface area (Å²) < 4.78 is 0. The number of carboxylic acid groups (broad SMARTS) is 1. The fourth-order valence-electron chi connectivity index (χ4n) is 2.34. The van der Waals surface area contributed by atoms with E-state index in [1.807, 2.05) is 0 Å². The molecule has 0 aliphatic rings. The first kappa shape index (κ1) is 23.6. The van der Waals surface area contributed by atoms with E-state index in [1.54, 1.807) is 30.3 Å². The Kier molecular flexibility index (Phi) is 9.26. The van der Waals surface area contributed by atoms with Crippen LogP contribution in [0.3, 0.4) is 0 Å². The molecule has 29 heavy (non-hydrogen) atoms. The van der Waals surface area contributed by atoms with Gasteiger partial charge < -0.3 is 32.5 Å². The lowest BCUT2D eigenvalue weighted by Crippen LogP contribution is -2.55. The second kappa shape index (κ2) is 11.4. The molecule has 3 unspecified atom stereocenters. The van der Waals surface area contributed by atoms with Crippen LogP contribution in [-0.2, 0) is 30.4 Å². The fourth-order valence-corrected chi connectivity index (χ4v) is 2.34. The van der Waals surface area contributed by atoms with Gasteiger partial charge in [0, 0.05) is 6.42 Å². The third kappa shape index (κ3) is 8.84. The highest BCUT2D eigenvalue weighted by Gasteiger charge is 2.26. The normalized spacial score (nSPS) is 13.4. The summed E-state index contributed by atoms with van der Waals surface area (Å²) in [5.41, 5.74) is 11.2. The first-order valence-corrected chi connectivity index (χ1v) is 8.78. The lowest BCUT2D eigenvalue weighted by atomic mass is 10.0. The third-order valence-corrected chi connectivity index (χ3v) is 3.84. The predicted molar refractivity (Wildman–Crippen MR) is 102 cm³/mol. The van der Waals surface area contributed by atoms with Gasteiger partial charge in [-0.2, -0.15) is 0 Å². The maximum atomic E-state index is 12.4. The summed E-state index contributed by atoms with van der Waals surface area (Å²) in [5.74, 6) is -4.11. The second-order valence-corrected chi connectivity index (χ2v) is 6.37. The SMILES string of the molecule is CC(NC(=O)C(N)CC(N)=O)C(=O)NC(Cc1ccccc1)C(=O)NCC(=O)O. The van der Waals surface area contributed by atoms with Crippen molar-refractivity contribution >= 4 is 29.6 Å². The molecular formula is C18H25N5O6. The second-order valence-electron chi connectivity index (χ2n) is 6.37. The molecule has 0 aromatic heterocycles. The van der Waals surface area contributed by atoms with Crippen LogP contribution >= 0.6 is 0 Å².